The van der Waals surface area contributed by atoms with Crippen molar-refractivity contribution in [3.8, 4) is 0 Å². The van der Waals surface area contributed by atoms with E-state index in [9.17, 15) is 9.59 Å². The molecular formula is C19H24N6O2S. The van der Waals surface area contributed by atoms with Crippen molar-refractivity contribution in [1.29, 1.82) is 0 Å². The predicted octanol–water partition coefficient (Wildman–Crippen LogP) is 3.04. The Hall–Kier alpha value is -2.55. The second-order valence-electron chi connectivity index (χ2n) is 7.09. The molecule has 8 nitrogen and oxygen atoms in total. The van der Waals surface area contributed by atoms with Crippen LogP contribution < -0.4 is 15.5 Å². The van der Waals surface area contributed by atoms with Gasteiger partial charge in [-0.05, 0) is 44.2 Å². The highest BCUT2D eigenvalue weighted by atomic mass is 32.2. The zero-order valence-corrected chi connectivity index (χ0v) is 16.5. The van der Waals surface area contributed by atoms with Gasteiger partial charge in [0.05, 0.1) is 5.75 Å². The number of anilines is 2. The zero-order valence-electron chi connectivity index (χ0n) is 15.6. The highest BCUT2D eigenvalue weighted by molar-refractivity contribution is 7.99. The number of nitrogens with zero attached hydrogens (tertiary/aromatic N) is 4. The van der Waals surface area contributed by atoms with Crippen molar-refractivity contribution in [2.75, 3.05) is 29.1 Å². The minimum absolute atomic E-state index is 0.118. The molecule has 0 spiro atoms. The molecule has 4 rings (SSSR count). The van der Waals surface area contributed by atoms with Crippen molar-refractivity contribution in [3.63, 3.8) is 0 Å². The Kier molecular flexibility index (Phi) is 5.80. The van der Waals surface area contributed by atoms with Crippen molar-refractivity contribution in [3.05, 3.63) is 30.3 Å². The van der Waals surface area contributed by atoms with E-state index in [1.807, 2.05) is 18.2 Å². The molecular weight excluding hydrogens is 376 g/mol. The van der Waals surface area contributed by atoms with Crippen LogP contribution in [0, 0.1) is 0 Å². The Morgan fingerprint density at radius 1 is 1.07 bits per heavy atom. The van der Waals surface area contributed by atoms with E-state index in [1.165, 1.54) is 31.0 Å². The van der Waals surface area contributed by atoms with Gasteiger partial charge in [0.1, 0.15) is 0 Å². The highest BCUT2D eigenvalue weighted by Gasteiger charge is 2.32. The lowest BCUT2D eigenvalue weighted by Gasteiger charge is -2.27. The van der Waals surface area contributed by atoms with Gasteiger partial charge in [-0.3, -0.25) is 14.7 Å². The quantitative estimate of drug-likeness (QED) is 0.724. The summed E-state index contributed by atoms with van der Waals surface area (Å²) in [6.45, 7) is 2.02. The first-order chi connectivity index (χ1) is 13.7. The number of rotatable bonds is 6. The molecule has 28 heavy (non-hydrogen) atoms. The van der Waals surface area contributed by atoms with Gasteiger partial charge in [-0.25, -0.2) is 4.79 Å². The number of carbonyl (C=O) groups is 2. The normalized spacial score (nSPS) is 16.6. The maximum atomic E-state index is 12.2. The summed E-state index contributed by atoms with van der Waals surface area (Å²) in [6.07, 6.45) is 5.87. The van der Waals surface area contributed by atoms with Gasteiger partial charge in [0, 0.05) is 24.8 Å². The predicted molar refractivity (Wildman–Crippen MR) is 109 cm³/mol. The van der Waals surface area contributed by atoms with E-state index in [4.69, 9.17) is 0 Å². The number of hydrogen-bond donors (Lipinski definition) is 2. The fraction of sp³-hybridized carbons (Fsp3) is 0.474. The number of para-hydroxylation sites is 1. The molecule has 0 unspecified atom stereocenters. The molecule has 1 aliphatic heterocycles. The molecule has 1 saturated heterocycles. The third-order valence-corrected chi connectivity index (χ3v) is 5.76. The Balaban J connectivity index is 1.33. The molecule has 1 aromatic heterocycles. The SMILES string of the molecule is O=C(CSc1nnc(N2CCCCC2)n1C1CC1)NC(=O)Nc1ccccc1. The summed E-state index contributed by atoms with van der Waals surface area (Å²) in [7, 11) is 0. The van der Waals surface area contributed by atoms with E-state index < -0.39 is 6.03 Å². The minimum atomic E-state index is -0.533. The van der Waals surface area contributed by atoms with Crippen molar-refractivity contribution in [1.82, 2.24) is 20.1 Å². The first-order valence-electron chi connectivity index (χ1n) is 9.69. The molecule has 2 aromatic rings. The lowest BCUT2D eigenvalue weighted by molar-refractivity contribution is -0.117. The molecule has 2 fully saturated rings. The van der Waals surface area contributed by atoms with Crippen molar-refractivity contribution >= 4 is 35.3 Å². The number of piperidine rings is 1. The van der Waals surface area contributed by atoms with Crippen molar-refractivity contribution in [2.45, 2.75) is 43.3 Å². The van der Waals surface area contributed by atoms with E-state index in [2.05, 4.69) is 30.3 Å². The van der Waals surface area contributed by atoms with Gasteiger partial charge in [0.2, 0.25) is 11.9 Å². The van der Waals surface area contributed by atoms with E-state index in [-0.39, 0.29) is 11.7 Å². The number of aromatic nitrogens is 3. The minimum Gasteiger partial charge on any atom is -0.341 e. The van der Waals surface area contributed by atoms with Crippen LogP contribution in [0.2, 0.25) is 0 Å². The van der Waals surface area contributed by atoms with Crippen LogP contribution in [0.15, 0.2) is 35.5 Å². The van der Waals surface area contributed by atoms with Crippen LogP contribution in [-0.4, -0.2) is 45.5 Å². The number of amides is 3. The topological polar surface area (TPSA) is 92.2 Å². The third kappa shape index (κ3) is 4.64. The van der Waals surface area contributed by atoms with Crippen LogP contribution in [-0.2, 0) is 4.79 Å². The van der Waals surface area contributed by atoms with Crippen LogP contribution in [0.3, 0.4) is 0 Å². The maximum Gasteiger partial charge on any atom is 0.325 e. The molecule has 2 N–H and O–H groups in total. The van der Waals surface area contributed by atoms with Gasteiger partial charge in [-0.15, -0.1) is 10.2 Å². The Morgan fingerprint density at radius 3 is 2.54 bits per heavy atom. The van der Waals surface area contributed by atoms with Gasteiger partial charge in [0.15, 0.2) is 5.16 Å². The van der Waals surface area contributed by atoms with E-state index in [1.54, 1.807) is 12.1 Å². The number of urea groups is 1. The molecule has 0 bridgehead atoms. The van der Waals surface area contributed by atoms with Crippen molar-refractivity contribution < 1.29 is 9.59 Å². The van der Waals surface area contributed by atoms with E-state index >= 15 is 0 Å². The zero-order chi connectivity index (χ0) is 19.3. The Morgan fingerprint density at radius 2 is 1.82 bits per heavy atom. The largest absolute Gasteiger partial charge is 0.341 e. The average Bonchev–Trinajstić information content (AvgIpc) is 3.46. The Bertz CT molecular complexity index is 830. The number of imide groups is 1. The summed E-state index contributed by atoms with van der Waals surface area (Å²) in [6, 6.07) is 8.92. The molecule has 1 saturated carbocycles. The molecule has 1 aliphatic carbocycles. The maximum absolute atomic E-state index is 12.2. The van der Waals surface area contributed by atoms with Gasteiger partial charge in [0.25, 0.3) is 0 Å². The van der Waals surface area contributed by atoms with Gasteiger partial charge in [-0.2, -0.15) is 0 Å². The summed E-state index contributed by atoms with van der Waals surface area (Å²) in [5, 5.41) is 14.5. The van der Waals surface area contributed by atoms with Crippen LogP contribution in [0.25, 0.3) is 0 Å². The Labute approximate surface area is 168 Å². The summed E-state index contributed by atoms with van der Waals surface area (Å²) < 4.78 is 2.17. The van der Waals surface area contributed by atoms with Crippen LogP contribution in [0.1, 0.15) is 38.1 Å². The molecule has 2 heterocycles. The van der Waals surface area contributed by atoms with E-state index in [0.29, 0.717) is 11.7 Å². The number of thioether (sulfide) groups is 1. The summed E-state index contributed by atoms with van der Waals surface area (Å²) >= 11 is 1.33. The average molecular weight is 401 g/mol. The van der Waals surface area contributed by atoms with Gasteiger partial charge >= 0.3 is 6.03 Å². The van der Waals surface area contributed by atoms with Crippen LogP contribution in [0.5, 0.6) is 0 Å². The summed E-state index contributed by atoms with van der Waals surface area (Å²) in [4.78, 5) is 26.4. The second kappa shape index (κ2) is 8.64. The number of nitrogens with one attached hydrogen (secondary N) is 2. The van der Waals surface area contributed by atoms with E-state index in [0.717, 1.165) is 37.0 Å². The molecule has 1 aromatic carbocycles. The summed E-state index contributed by atoms with van der Waals surface area (Å²) in [5.41, 5.74) is 0.639. The standard InChI is InChI=1S/C19H24N6O2S/c26-16(21-17(27)20-14-7-3-1-4-8-14)13-28-19-23-22-18(25(19)15-9-10-15)24-11-5-2-6-12-24/h1,3-4,7-8,15H,2,5-6,9-13H2,(H2,20,21,26,27). The molecule has 9 heteroatoms. The lowest BCUT2D eigenvalue weighted by Crippen LogP contribution is -2.35. The molecule has 0 radical (unpaired) electrons. The van der Waals surface area contributed by atoms with Crippen molar-refractivity contribution in [2.24, 2.45) is 0 Å². The summed E-state index contributed by atoms with van der Waals surface area (Å²) in [5.74, 6) is 0.683. The number of carbonyl (C=O) groups excluding carboxylic acids is 2. The first kappa shape index (κ1) is 18.8. The highest BCUT2D eigenvalue weighted by Crippen LogP contribution is 2.41. The molecule has 0 atom stereocenters. The fourth-order valence-corrected chi connectivity index (χ4v) is 4.11. The molecule has 2 aliphatic rings. The van der Waals surface area contributed by atoms with Crippen LogP contribution in [0.4, 0.5) is 16.4 Å². The first-order valence-corrected chi connectivity index (χ1v) is 10.7. The smallest absolute Gasteiger partial charge is 0.325 e. The van der Waals surface area contributed by atoms with Crippen LogP contribution >= 0.6 is 11.8 Å². The monoisotopic (exact) mass is 400 g/mol. The third-order valence-electron chi connectivity index (χ3n) is 4.81. The number of hydrogen-bond acceptors (Lipinski definition) is 6. The fourth-order valence-electron chi connectivity index (χ4n) is 3.31. The lowest BCUT2D eigenvalue weighted by atomic mass is 10.1. The number of benzene rings is 1. The second-order valence-corrected chi connectivity index (χ2v) is 8.03. The van der Waals surface area contributed by atoms with Gasteiger partial charge in [-0.1, -0.05) is 30.0 Å². The molecule has 148 valence electrons. The van der Waals surface area contributed by atoms with Gasteiger partial charge < -0.3 is 10.2 Å². The molecule has 3 amide bonds.